The monoisotopic (exact) mass is 289 g/mol. The highest BCUT2D eigenvalue weighted by molar-refractivity contribution is 7.13. The fourth-order valence-corrected chi connectivity index (χ4v) is 3.34. The van der Waals surface area contributed by atoms with Crippen LogP contribution in [0.3, 0.4) is 0 Å². The summed E-state index contributed by atoms with van der Waals surface area (Å²) in [7, 11) is 0. The summed E-state index contributed by atoms with van der Waals surface area (Å²) in [6.07, 6.45) is 2.10. The van der Waals surface area contributed by atoms with E-state index in [-0.39, 0.29) is 11.8 Å². The van der Waals surface area contributed by atoms with Gasteiger partial charge in [0.25, 0.3) is 0 Å². The third-order valence-electron chi connectivity index (χ3n) is 3.72. The molecule has 5 heteroatoms. The molecule has 1 aliphatic rings. The second kappa shape index (κ2) is 5.40. The van der Waals surface area contributed by atoms with Crippen LogP contribution in [0.2, 0.25) is 0 Å². The van der Waals surface area contributed by atoms with Crippen molar-refractivity contribution in [3.63, 3.8) is 0 Å². The molecule has 0 radical (unpaired) electrons. The summed E-state index contributed by atoms with van der Waals surface area (Å²) in [6.45, 7) is 5.52. The lowest BCUT2D eigenvalue weighted by Gasteiger charge is -2.06. The van der Waals surface area contributed by atoms with Crippen LogP contribution in [0, 0.1) is 19.8 Å². The Labute approximate surface area is 122 Å². The normalized spacial score (nSPS) is 14.5. The molecule has 0 saturated heterocycles. The van der Waals surface area contributed by atoms with Gasteiger partial charge < -0.3 is 5.32 Å². The maximum Gasteiger partial charge on any atom is 0.223 e. The number of aryl methyl sites for hydroxylation is 1. The van der Waals surface area contributed by atoms with Crippen LogP contribution < -0.4 is 5.32 Å². The van der Waals surface area contributed by atoms with Crippen LogP contribution in [0.1, 0.15) is 24.2 Å². The molecule has 0 atom stereocenters. The smallest absolute Gasteiger partial charge is 0.223 e. The number of thiophene rings is 1. The van der Waals surface area contributed by atoms with Gasteiger partial charge in [-0.15, -0.1) is 11.3 Å². The fourth-order valence-electron chi connectivity index (χ4n) is 2.47. The predicted octanol–water partition coefficient (Wildman–Crippen LogP) is 2.75. The number of nitrogens with zero attached hydrogens (tertiary/aromatic N) is 2. The Hall–Kier alpha value is -1.62. The highest BCUT2D eigenvalue weighted by atomic mass is 32.1. The van der Waals surface area contributed by atoms with E-state index in [4.69, 9.17) is 0 Å². The summed E-state index contributed by atoms with van der Waals surface area (Å²) < 4.78 is 2.00. The van der Waals surface area contributed by atoms with Gasteiger partial charge in [0.05, 0.1) is 12.2 Å². The van der Waals surface area contributed by atoms with E-state index in [1.807, 2.05) is 11.6 Å². The number of rotatable bonds is 5. The van der Waals surface area contributed by atoms with Crippen molar-refractivity contribution in [3.8, 4) is 10.4 Å². The summed E-state index contributed by atoms with van der Waals surface area (Å²) in [5.74, 6) is 0.474. The first kappa shape index (κ1) is 13.4. The second-order valence-corrected chi connectivity index (χ2v) is 6.26. The van der Waals surface area contributed by atoms with E-state index in [0.29, 0.717) is 6.54 Å². The summed E-state index contributed by atoms with van der Waals surface area (Å²) in [6, 6.07) is 4.19. The van der Waals surface area contributed by atoms with Gasteiger partial charge in [-0.2, -0.15) is 5.10 Å². The molecule has 2 aromatic rings. The van der Waals surface area contributed by atoms with Crippen molar-refractivity contribution in [2.75, 3.05) is 6.54 Å². The number of hydrogen-bond donors (Lipinski definition) is 1. The predicted molar refractivity (Wildman–Crippen MR) is 80.7 cm³/mol. The van der Waals surface area contributed by atoms with Crippen LogP contribution >= 0.6 is 11.3 Å². The van der Waals surface area contributed by atoms with Crippen LogP contribution in [-0.2, 0) is 11.3 Å². The zero-order valence-corrected chi connectivity index (χ0v) is 12.7. The van der Waals surface area contributed by atoms with Crippen molar-refractivity contribution >= 4 is 17.2 Å². The topological polar surface area (TPSA) is 46.9 Å². The van der Waals surface area contributed by atoms with E-state index in [0.717, 1.165) is 25.1 Å². The lowest BCUT2D eigenvalue weighted by atomic mass is 10.1. The Balaban J connectivity index is 1.68. The minimum atomic E-state index is 0.199. The molecule has 0 aliphatic heterocycles. The highest BCUT2D eigenvalue weighted by Crippen LogP contribution is 2.30. The molecule has 4 nitrogen and oxygen atoms in total. The van der Waals surface area contributed by atoms with E-state index in [1.54, 1.807) is 11.3 Å². The quantitative estimate of drug-likeness (QED) is 0.920. The molecule has 3 rings (SSSR count). The molecule has 0 unspecified atom stereocenters. The van der Waals surface area contributed by atoms with Gasteiger partial charge in [-0.3, -0.25) is 9.48 Å². The molecule has 20 heavy (non-hydrogen) atoms. The summed E-state index contributed by atoms with van der Waals surface area (Å²) in [5.41, 5.74) is 3.46. The minimum Gasteiger partial charge on any atom is -0.354 e. The number of amides is 1. The van der Waals surface area contributed by atoms with Gasteiger partial charge in [-0.1, -0.05) is 6.07 Å². The average Bonchev–Trinajstić information content (AvgIpc) is 3.07. The maximum atomic E-state index is 11.6. The van der Waals surface area contributed by atoms with E-state index in [1.165, 1.54) is 16.1 Å². The second-order valence-electron chi connectivity index (χ2n) is 5.31. The number of carbonyl (C=O) groups is 1. The number of aromatic nitrogens is 2. The zero-order chi connectivity index (χ0) is 14.1. The molecular formula is C15H19N3OS. The summed E-state index contributed by atoms with van der Waals surface area (Å²) in [4.78, 5) is 12.9. The average molecular weight is 289 g/mol. The molecule has 2 heterocycles. The number of nitrogens with one attached hydrogen (secondary N) is 1. The molecule has 0 aromatic carbocycles. The Bertz CT molecular complexity index is 611. The highest BCUT2D eigenvalue weighted by Gasteiger charge is 2.29. The van der Waals surface area contributed by atoms with Gasteiger partial charge in [-0.25, -0.2) is 0 Å². The number of hydrogen-bond acceptors (Lipinski definition) is 3. The molecule has 0 spiro atoms. The van der Waals surface area contributed by atoms with E-state index in [2.05, 4.69) is 34.9 Å². The Morgan fingerprint density at radius 1 is 1.50 bits per heavy atom. The van der Waals surface area contributed by atoms with Gasteiger partial charge in [0.1, 0.15) is 0 Å². The molecule has 1 saturated carbocycles. The van der Waals surface area contributed by atoms with Crippen molar-refractivity contribution in [3.05, 3.63) is 28.9 Å². The Kier molecular flexibility index (Phi) is 3.61. The third kappa shape index (κ3) is 2.63. The first-order valence-electron chi connectivity index (χ1n) is 7.02. The maximum absolute atomic E-state index is 11.6. The van der Waals surface area contributed by atoms with Gasteiger partial charge in [0.15, 0.2) is 0 Å². The van der Waals surface area contributed by atoms with Gasteiger partial charge >= 0.3 is 0 Å². The number of carbonyl (C=O) groups excluding carboxylic acids is 1. The third-order valence-corrected chi connectivity index (χ3v) is 4.61. The largest absolute Gasteiger partial charge is 0.354 e. The van der Waals surface area contributed by atoms with Crippen LogP contribution in [-0.4, -0.2) is 22.2 Å². The first-order chi connectivity index (χ1) is 9.66. The molecule has 1 aliphatic carbocycles. The van der Waals surface area contributed by atoms with Gasteiger partial charge in [0, 0.05) is 28.6 Å². The molecule has 1 amide bonds. The lowest BCUT2D eigenvalue weighted by molar-refractivity contribution is -0.122. The van der Waals surface area contributed by atoms with E-state index in [9.17, 15) is 4.79 Å². The van der Waals surface area contributed by atoms with Gasteiger partial charge in [-0.05, 0) is 38.1 Å². The van der Waals surface area contributed by atoms with E-state index < -0.39 is 0 Å². The molecule has 0 bridgehead atoms. The Morgan fingerprint density at radius 3 is 2.95 bits per heavy atom. The fraction of sp³-hybridized carbons (Fsp3) is 0.467. The zero-order valence-electron chi connectivity index (χ0n) is 11.8. The van der Waals surface area contributed by atoms with Crippen LogP contribution in [0.15, 0.2) is 17.5 Å². The van der Waals surface area contributed by atoms with Crippen LogP contribution in [0.5, 0.6) is 0 Å². The lowest BCUT2D eigenvalue weighted by Crippen LogP contribution is -2.28. The Morgan fingerprint density at radius 2 is 2.30 bits per heavy atom. The molecular weight excluding hydrogens is 270 g/mol. The molecule has 2 aromatic heterocycles. The summed E-state index contributed by atoms with van der Waals surface area (Å²) in [5, 5.41) is 9.67. The molecule has 1 fully saturated rings. The van der Waals surface area contributed by atoms with Crippen molar-refractivity contribution in [2.24, 2.45) is 5.92 Å². The van der Waals surface area contributed by atoms with E-state index >= 15 is 0 Å². The molecule has 1 N–H and O–H groups in total. The standard InChI is InChI=1S/C15H19N3OS/c1-10-14(13-4-3-9-20-13)11(2)18(17-10)8-7-16-15(19)12-5-6-12/h3-4,9,12H,5-8H2,1-2H3,(H,16,19). The van der Waals surface area contributed by atoms with Crippen LogP contribution in [0.4, 0.5) is 0 Å². The minimum absolute atomic E-state index is 0.199. The van der Waals surface area contributed by atoms with Crippen molar-refractivity contribution in [1.29, 1.82) is 0 Å². The molecule has 106 valence electrons. The summed E-state index contributed by atoms with van der Waals surface area (Å²) >= 11 is 1.74. The van der Waals surface area contributed by atoms with Crippen LogP contribution in [0.25, 0.3) is 10.4 Å². The SMILES string of the molecule is Cc1nn(CCNC(=O)C2CC2)c(C)c1-c1cccs1. The van der Waals surface area contributed by atoms with Crippen molar-refractivity contribution in [1.82, 2.24) is 15.1 Å². The first-order valence-corrected chi connectivity index (χ1v) is 7.90. The van der Waals surface area contributed by atoms with Gasteiger partial charge in [0.2, 0.25) is 5.91 Å². The van der Waals surface area contributed by atoms with Crippen molar-refractivity contribution < 1.29 is 4.79 Å². The van der Waals surface area contributed by atoms with Crippen molar-refractivity contribution in [2.45, 2.75) is 33.2 Å².